The summed E-state index contributed by atoms with van der Waals surface area (Å²) in [6.07, 6.45) is 4.07. The zero-order chi connectivity index (χ0) is 6.85. The summed E-state index contributed by atoms with van der Waals surface area (Å²) in [4.78, 5) is 0. The van der Waals surface area contributed by atoms with Crippen molar-refractivity contribution in [2.45, 2.75) is 19.8 Å². The molecule has 0 fully saturated rings. The standard InChI is InChI=1S/C9H12/c1-4-9-6-7(2)5-8(9)3/h4H,1-2,5-6H2,3H3. The van der Waals surface area contributed by atoms with Crippen LogP contribution in [0.3, 0.4) is 0 Å². The van der Waals surface area contributed by atoms with Crippen LogP contribution in [0.1, 0.15) is 19.8 Å². The lowest BCUT2D eigenvalue weighted by Crippen LogP contribution is -1.69. The van der Waals surface area contributed by atoms with Crippen molar-refractivity contribution < 1.29 is 0 Å². The quantitative estimate of drug-likeness (QED) is 0.467. The summed E-state index contributed by atoms with van der Waals surface area (Å²) < 4.78 is 0. The van der Waals surface area contributed by atoms with Crippen LogP contribution in [0, 0.1) is 0 Å². The molecule has 9 heavy (non-hydrogen) atoms. The van der Waals surface area contributed by atoms with Gasteiger partial charge in [0.05, 0.1) is 0 Å². The second-order valence-electron chi connectivity index (χ2n) is 2.61. The molecule has 0 aliphatic heterocycles. The minimum atomic E-state index is 1.05. The van der Waals surface area contributed by atoms with Gasteiger partial charge in [0, 0.05) is 0 Å². The van der Waals surface area contributed by atoms with Crippen molar-refractivity contribution in [1.29, 1.82) is 0 Å². The van der Waals surface area contributed by atoms with E-state index in [1.54, 1.807) is 0 Å². The SMILES string of the molecule is C=CC1=C(C)CC(=C)C1. The number of hydrogen-bond acceptors (Lipinski definition) is 0. The zero-order valence-electron chi connectivity index (χ0n) is 5.91. The lowest BCUT2D eigenvalue weighted by atomic mass is 10.2. The van der Waals surface area contributed by atoms with Gasteiger partial charge in [-0.05, 0) is 25.3 Å². The molecule has 0 saturated carbocycles. The first-order valence-electron chi connectivity index (χ1n) is 3.21. The normalized spacial score (nSPS) is 19.0. The van der Waals surface area contributed by atoms with Gasteiger partial charge in [-0.25, -0.2) is 0 Å². The van der Waals surface area contributed by atoms with Crippen LogP contribution in [0.2, 0.25) is 0 Å². The minimum absolute atomic E-state index is 1.05. The Labute approximate surface area is 56.6 Å². The maximum Gasteiger partial charge on any atom is -0.00672 e. The van der Waals surface area contributed by atoms with Gasteiger partial charge in [0.2, 0.25) is 0 Å². The van der Waals surface area contributed by atoms with E-state index in [-0.39, 0.29) is 0 Å². The van der Waals surface area contributed by atoms with E-state index < -0.39 is 0 Å². The summed E-state index contributed by atoms with van der Waals surface area (Å²) in [5.41, 5.74) is 4.14. The molecule has 0 N–H and O–H groups in total. The van der Waals surface area contributed by atoms with Crippen LogP contribution in [0.25, 0.3) is 0 Å². The lowest BCUT2D eigenvalue weighted by molar-refractivity contribution is 1.16. The van der Waals surface area contributed by atoms with Crippen molar-refractivity contribution in [2.75, 3.05) is 0 Å². The highest BCUT2D eigenvalue weighted by atomic mass is 14.1. The van der Waals surface area contributed by atoms with E-state index in [9.17, 15) is 0 Å². The Kier molecular flexibility index (Phi) is 1.56. The van der Waals surface area contributed by atoms with Gasteiger partial charge in [0.15, 0.2) is 0 Å². The molecule has 0 aromatic heterocycles. The van der Waals surface area contributed by atoms with Crippen LogP contribution < -0.4 is 0 Å². The first-order chi connectivity index (χ1) is 4.24. The molecule has 0 radical (unpaired) electrons. The third kappa shape index (κ3) is 1.13. The number of hydrogen-bond donors (Lipinski definition) is 0. The fourth-order valence-corrected chi connectivity index (χ4v) is 1.22. The van der Waals surface area contributed by atoms with Crippen LogP contribution in [-0.2, 0) is 0 Å². The third-order valence-corrected chi connectivity index (χ3v) is 1.75. The van der Waals surface area contributed by atoms with Crippen LogP contribution in [0.15, 0.2) is 36.0 Å². The van der Waals surface area contributed by atoms with Gasteiger partial charge < -0.3 is 0 Å². The molecule has 1 aliphatic carbocycles. The molecule has 0 aromatic carbocycles. The van der Waals surface area contributed by atoms with Gasteiger partial charge in [0.1, 0.15) is 0 Å². The van der Waals surface area contributed by atoms with Crippen molar-refractivity contribution in [3.05, 3.63) is 36.0 Å². The molecule has 0 amide bonds. The first kappa shape index (κ1) is 6.34. The highest BCUT2D eigenvalue weighted by molar-refractivity contribution is 5.36. The molecule has 1 rings (SSSR count). The van der Waals surface area contributed by atoms with Crippen molar-refractivity contribution >= 4 is 0 Å². The van der Waals surface area contributed by atoms with Gasteiger partial charge in [-0.2, -0.15) is 0 Å². The van der Waals surface area contributed by atoms with E-state index in [1.807, 2.05) is 6.08 Å². The van der Waals surface area contributed by atoms with Crippen LogP contribution >= 0.6 is 0 Å². The minimum Gasteiger partial charge on any atom is -0.0992 e. The number of allylic oxidation sites excluding steroid dienone is 4. The van der Waals surface area contributed by atoms with Gasteiger partial charge in [-0.15, -0.1) is 0 Å². The Morgan fingerprint density at radius 3 is 2.33 bits per heavy atom. The second kappa shape index (κ2) is 2.22. The fourth-order valence-electron chi connectivity index (χ4n) is 1.22. The summed E-state index contributed by atoms with van der Waals surface area (Å²) in [5.74, 6) is 0. The van der Waals surface area contributed by atoms with Crippen LogP contribution in [0.4, 0.5) is 0 Å². The first-order valence-corrected chi connectivity index (χ1v) is 3.21. The summed E-state index contributed by atoms with van der Waals surface area (Å²) >= 11 is 0. The van der Waals surface area contributed by atoms with Gasteiger partial charge in [0.25, 0.3) is 0 Å². The molecule has 0 bridgehead atoms. The van der Waals surface area contributed by atoms with Gasteiger partial charge >= 0.3 is 0 Å². The molecule has 1 aliphatic rings. The maximum atomic E-state index is 3.91. The van der Waals surface area contributed by atoms with Crippen molar-refractivity contribution in [1.82, 2.24) is 0 Å². The Morgan fingerprint density at radius 1 is 1.44 bits per heavy atom. The third-order valence-electron chi connectivity index (χ3n) is 1.75. The molecule has 0 unspecified atom stereocenters. The van der Waals surface area contributed by atoms with Crippen molar-refractivity contribution in [3.8, 4) is 0 Å². The topological polar surface area (TPSA) is 0 Å². The Bertz CT molecular complexity index is 182. The fraction of sp³-hybridized carbons (Fsp3) is 0.333. The highest BCUT2D eigenvalue weighted by Crippen LogP contribution is 2.29. The average Bonchev–Trinajstić information content (AvgIpc) is 2.10. The summed E-state index contributed by atoms with van der Waals surface area (Å²) in [6, 6.07) is 0. The number of rotatable bonds is 1. The second-order valence-corrected chi connectivity index (χ2v) is 2.61. The molecule has 0 atom stereocenters. The Hall–Kier alpha value is -0.780. The van der Waals surface area contributed by atoms with E-state index in [4.69, 9.17) is 0 Å². The van der Waals surface area contributed by atoms with E-state index in [2.05, 4.69) is 20.1 Å². The predicted octanol–water partition coefficient (Wildman–Crippen LogP) is 2.84. The average molecular weight is 120 g/mol. The molecule has 0 spiro atoms. The molecule has 0 heterocycles. The Balaban J connectivity index is 2.80. The molecule has 0 saturated heterocycles. The lowest BCUT2D eigenvalue weighted by Gasteiger charge is -1.89. The largest absolute Gasteiger partial charge is 0.0992 e. The van der Waals surface area contributed by atoms with Gasteiger partial charge in [-0.1, -0.05) is 30.4 Å². The molecular formula is C9H12. The van der Waals surface area contributed by atoms with Crippen LogP contribution in [0.5, 0.6) is 0 Å². The Morgan fingerprint density at radius 2 is 2.11 bits per heavy atom. The van der Waals surface area contributed by atoms with Crippen molar-refractivity contribution in [2.24, 2.45) is 0 Å². The maximum absolute atomic E-state index is 3.91. The molecule has 48 valence electrons. The van der Waals surface area contributed by atoms with E-state index in [0.29, 0.717) is 0 Å². The van der Waals surface area contributed by atoms with Gasteiger partial charge in [-0.3, -0.25) is 0 Å². The summed E-state index contributed by atoms with van der Waals surface area (Å²) in [5, 5.41) is 0. The van der Waals surface area contributed by atoms with E-state index in [0.717, 1.165) is 12.8 Å². The molecule has 0 heteroatoms. The van der Waals surface area contributed by atoms with Crippen LogP contribution in [-0.4, -0.2) is 0 Å². The molecular weight excluding hydrogens is 108 g/mol. The molecule has 0 nitrogen and oxygen atoms in total. The molecule has 0 aromatic rings. The highest BCUT2D eigenvalue weighted by Gasteiger charge is 2.09. The monoisotopic (exact) mass is 120 g/mol. The van der Waals surface area contributed by atoms with Crippen molar-refractivity contribution in [3.63, 3.8) is 0 Å². The smallest absolute Gasteiger partial charge is 0.00672 e. The zero-order valence-corrected chi connectivity index (χ0v) is 5.91. The predicted molar refractivity (Wildman–Crippen MR) is 41.3 cm³/mol. The van der Waals surface area contributed by atoms with E-state index in [1.165, 1.54) is 16.7 Å². The summed E-state index contributed by atoms with van der Waals surface area (Å²) in [7, 11) is 0. The summed E-state index contributed by atoms with van der Waals surface area (Å²) in [6.45, 7) is 9.79. The van der Waals surface area contributed by atoms with E-state index >= 15 is 0 Å².